The maximum Gasteiger partial charge on any atom is 0.338 e. The van der Waals surface area contributed by atoms with E-state index >= 15 is 0 Å². The van der Waals surface area contributed by atoms with Gasteiger partial charge in [-0.25, -0.2) is 17.6 Å². The van der Waals surface area contributed by atoms with E-state index in [1.165, 1.54) is 17.7 Å². The smallest absolute Gasteiger partial charge is 0.338 e. The van der Waals surface area contributed by atoms with Crippen LogP contribution in [-0.2, 0) is 14.6 Å². The molecule has 1 aliphatic heterocycles. The van der Waals surface area contributed by atoms with Gasteiger partial charge in [0.25, 0.3) is 0 Å². The standard InChI is InChI=1S/C45H67FN2O5S/c1-10-37-41(5,6)35(31-12-13-33(39(49)50)36(46)28-31)15-17-42(37,7)34-16-18-44(9)38-32(29(2)3)14-19-45(38,21-20-43(44,8)30(34)4)40(51)47-22-11-23-48-24-26-54(52,53)27-25-48/h12-13,15,28,30,32,34,37-38H,2,10-11,14,16-27H2,1,3-9H3,(H,47,51)(H,49,50). The van der Waals surface area contributed by atoms with Crippen molar-refractivity contribution in [3.05, 3.63) is 53.4 Å². The summed E-state index contributed by atoms with van der Waals surface area (Å²) < 4.78 is 38.7. The molecule has 0 aromatic heterocycles. The fraction of sp³-hybridized carbons (Fsp3) is 0.733. The second-order valence-corrected chi connectivity index (χ2v) is 21.8. The summed E-state index contributed by atoms with van der Waals surface area (Å²) in [6.07, 6.45) is 11.0. The summed E-state index contributed by atoms with van der Waals surface area (Å²) in [5.41, 5.74) is 2.14. The summed E-state index contributed by atoms with van der Waals surface area (Å²) in [6, 6.07) is 4.59. The Hall–Kier alpha value is -2.52. The number of rotatable bonds is 10. The molecule has 2 N–H and O–H groups in total. The maximum absolute atomic E-state index is 15.0. The Kier molecular flexibility index (Phi) is 11.0. The Balaban J connectivity index is 1.24. The minimum Gasteiger partial charge on any atom is -0.478 e. The van der Waals surface area contributed by atoms with Gasteiger partial charge in [0.1, 0.15) is 5.82 Å². The van der Waals surface area contributed by atoms with Crippen LogP contribution in [0.1, 0.15) is 129 Å². The number of nitrogens with one attached hydrogen (secondary N) is 1. The number of allylic oxidation sites excluding steroid dienone is 3. The van der Waals surface area contributed by atoms with Gasteiger partial charge >= 0.3 is 5.97 Å². The molecule has 1 heterocycles. The van der Waals surface area contributed by atoms with Crippen LogP contribution in [0.5, 0.6) is 0 Å². The molecule has 0 spiro atoms. The molecule has 4 fully saturated rings. The van der Waals surface area contributed by atoms with Gasteiger partial charge in [0, 0.05) is 19.6 Å². The molecule has 1 aromatic rings. The van der Waals surface area contributed by atoms with Crippen molar-refractivity contribution >= 4 is 27.3 Å². The second-order valence-electron chi connectivity index (χ2n) is 19.5. The van der Waals surface area contributed by atoms with Crippen molar-refractivity contribution in [2.75, 3.05) is 37.7 Å². The molecule has 0 radical (unpaired) electrons. The molecular weight excluding hydrogens is 700 g/mol. The molecular formula is C45H67FN2O5S. The molecule has 1 saturated heterocycles. The zero-order chi connectivity index (χ0) is 39.6. The van der Waals surface area contributed by atoms with Gasteiger partial charge in [-0.3, -0.25) is 4.79 Å². The summed E-state index contributed by atoms with van der Waals surface area (Å²) in [6.45, 7) is 26.2. The van der Waals surface area contributed by atoms with Gasteiger partial charge in [-0.1, -0.05) is 79.2 Å². The zero-order valence-corrected chi connectivity index (χ0v) is 35.1. The first kappa shape index (κ1) is 41.1. The molecule has 3 saturated carbocycles. The van der Waals surface area contributed by atoms with Gasteiger partial charge in [-0.15, -0.1) is 0 Å². The van der Waals surface area contributed by atoms with E-state index in [0.717, 1.165) is 75.5 Å². The number of halogens is 1. The van der Waals surface area contributed by atoms with Gasteiger partial charge in [0.15, 0.2) is 9.84 Å². The molecule has 300 valence electrons. The van der Waals surface area contributed by atoms with E-state index in [0.29, 0.717) is 43.3 Å². The van der Waals surface area contributed by atoms with Crippen molar-refractivity contribution in [2.24, 2.45) is 56.7 Å². The first-order chi connectivity index (χ1) is 25.2. The maximum atomic E-state index is 15.0. The van der Waals surface area contributed by atoms with Crippen LogP contribution < -0.4 is 5.32 Å². The number of amides is 1. The molecule has 4 aliphatic carbocycles. The molecule has 5 aliphatic rings. The highest BCUT2D eigenvalue weighted by Crippen LogP contribution is 2.76. The Morgan fingerprint density at radius 2 is 1.70 bits per heavy atom. The van der Waals surface area contributed by atoms with Crippen LogP contribution in [0.4, 0.5) is 4.39 Å². The molecule has 7 nitrogen and oxygen atoms in total. The molecule has 0 bridgehead atoms. The van der Waals surface area contributed by atoms with Crippen LogP contribution in [0, 0.1) is 62.5 Å². The first-order valence-corrected chi connectivity index (χ1v) is 22.6. The molecule has 9 unspecified atom stereocenters. The number of nitrogens with zero attached hydrogens (tertiary/aromatic N) is 1. The van der Waals surface area contributed by atoms with Crippen LogP contribution in [-0.4, -0.2) is 68.0 Å². The van der Waals surface area contributed by atoms with E-state index in [9.17, 15) is 27.5 Å². The lowest BCUT2D eigenvalue weighted by Crippen LogP contribution is -2.64. The molecule has 9 heteroatoms. The predicted molar refractivity (Wildman–Crippen MR) is 215 cm³/mol. The number of carbonyl (C=O) groups excluding carboxylic acids is 1. The monoisotopic (exact) mass is 766 g/mol. The Bertz CT molecular complexity index is 1790. The zero-order valence-electron chi connectivity index (χ0n) is 34.3. The predicted octanol–water partition coefficient (Wildman–Crippen LogP) is 9.05. The number of hydrogen-bond donors (Lipinski definition) is 2. The minimum atomic E-state index is -2.91. The third-order valence-corrected chi connectivity index (χ3v) is 18.5. The third kappa shape index (κ3) is 6.53. The van der Waals surface area contributed by atoms with E-state index in [1.54, 1.807) is 6.07 Å². The largest absolute Gasteiger partial charge is 0.478 e. The van der Waals surface area contributed by atoms with Crippen molar-refractivity contribution in [3.63, 3.8) is 0 Å². The number of carboxylic acid groups (broad SMARTS) is 1. The van der Waals surface area contributed by atoms with Crippen molar-refractivity contribution in [2.45, 2.75) is 113 Å². The van der Waals surface area contributed by atoms with Crippen LogP contribution in [0.25, 0.3) is 5.57 Å². The highest BCUT2D eigenvalue weighted by Gasteiger charge is 2.70. The molecule has 6 rings (SSSR count). The van der Waals surface area contributed by atoms with E-state index in [-0.39, 0.29) is 50.6 Å². The third-order valence-electron chi connectivity index (χ3n) is 16.9. The van der Waals surface area contributed by atoms with Gasteiger partial charge < -0.3 is 15.3 Å². The lowest BCUT2D eigenvalue weighted by molar-refractivity contribution is -0.202. The van der Waals surface area contributed by atoms with Crippen LogP contribution in [0.15, 0.2) is 36.4 Å². The van der Waals surface area contributed by atoms with Crippen LogP contribution in [0.3, 0.4) is 0 Å². The number of aromatic carboxylic acids is 1. The van der Waals surface area contributed by atoms with Crippen molar-refractivity contribution in [3.8, 4) is 0 Å². The topological polar surface area (TPSA) is 104 Å². The fourth-order valence-corrected chi connectivity index (χ4v) is 15.1. The molecule has 1 aromatic carbocycles. The fourth-order valence-electron chi connectivity index (χ4n) is 13.8. The van der Waals surface area contributed by atoms with Gasteiger partial charge in [-0.2, -0.15) is 0 Å². The highest BCUT2D eigenvalue weighted by molar-refractivity contribution is 7.91. The Labute approximate surface area is 324 Å². The second kappa shape index (κ2) is 14.5. The van der Waals surface area contributed by atoms with Gasteiger partial charge in [-0.05, 0) is 139 Å². The number of carbonyl (C=O) groups is 2. The number of benzene rings is 1. The molecule has 9 atom stereocenters. The summed E-state index contributed by atoms with van der Waals surface area (Å²) in [7, 11) is -2.91. The quantitative estimate of drug-likeness (QED) is 0.182. The van der Waals surface area contributed by atoms with E-state index in [1.807, 2.05) is 0 Å². The van der Waals surface area contributed by atoms with Gasteiger partial charge in [0.05, 0.1) is 22.5 Å². The number of sulfone groups is 1. The minimum absolute atomic E-state index is 0.0128. The number of carboxylic acids is 1. The number of hydrogen-bond acceptors (Lipinski definition) is 5. The summed E-state index contributed by atoms with van der Waals surface area (Å²) in [4.78, 5) is 28.3. The number of fused-ring (bicyclic) bond motifs is 3. The average Bonchev–Trinajstić information content (AvgIpc) is 3.51. The normalized spacial score (nSPS) is 38.8. The average molecular weight is 767 g/mol. The van der Waals surface area contributed by atoms with E-state index in [4.69, 9.17) is 0 Å². The van der Waals surface area contributed by atoms with E-state index in [2.05, 4.69) is 78.3 Å². The first-order valence-electron chi connectivity index (χ1n) is 20.8. The van der Waals surface area contributed by atoms with Crippen LogP contribution in [0.2, 0.25) is 0 Å². The van der Waals surface area contributed by atoms with Crippen molar-refractivity contribution in [1.29, 1.82) is 0 Å². The summed E-state index contributed by atoms with van der Waals surface area (Å²) in [5, 5.41) is 12.9. The Morgan fingerprint density at radius 1 is 1.02 bits per heavy atom. The summed E-state index contributed by atoms with van der Waals surface area (Å²) >= 11 is 0. The molecule has 54 heavy (non-hydrogen) atoms. The van der Waals surface area contributed by atoms with Crippen molar-refractivity contribution < 1.29 is 27.5 Å². The Morgan fingerprint density at radius 3 is 2.31 bits per heavy atom. The van der Waals surface area contributed by atoms with E-state index < -0.39 is 27.0 Å². The van der Waals surface area contributed by atoms with Crippen molar-refractivity contribution in [1.82, 2.24) is 10.2 Å². The SMILES string of the molecule is C=C(C)C1CCC2(C(=O)NCCCN3CCS(=O)(=O)CC3)CCC3(C)C(C)C(C4(C)CC=C(c5ccc(C(=O)O)c(F)c5)C(C)(C)C4CC)CCC3(C)C12. The lowest BCUT2D eigenvalue weighted by atomic mass is 9.35. The molecule has 1 amide bonds. The lowest BCUT2D eigenvalue weighted by Gasteiger charge is -2.69. The highest BCUT2D eigenvalue weighted by atomic mass is 32.2. The van der Waals surface area contributed by atoms with Crippen LogP contribution >= 0.6 is 0 Å². The van der Waals surface area contributed by atoms with Gasteiger partial charge in [0.2, 0.25) is 5.91 Å². The summed E-state index contributed by atoms with van der Waals surface area (Å²) in [5.74, 6) is 0.498.